The average Bonchev–Trinajstić information content (AvgIpc) is 3.22. The van der Waals surface area contributed by atoms with Gasteiger partial charge in [0, 0.05) is 56.5 Å². The number of hydrogen-bond donors (Lipinski definition) is 0. The smallest absolute Gasteiger partial charge is 0.225 e. The normalized spacial score (nSPS) is 16.6. The van der Waals surface area contributed by atoms with Gasteiger partial charge < -0.3 is 14.4 Å². The first kappa shape index (κ1) is 19.7. The Labute approximate surface area is 166 Å². The van der Waals surface area contributed by atoms with Gasteiger partial charge in [0.15, 0.2) is 0 Å². The van der Waals surface area contributed by atoms with Crippen molar-refractivity contribution in [2.75, 3.05) is 38.8 Å². The topological polar surface area (TPSA) is 50.7 Å². The SMILES string of the molecule is COc1ccc(OC)c(CN2CCc3nc(N4CCCC4)ncc3C2)c1.Cl. The van der Waals surface area contributed by atoms with E-state index < -0.39 is 0 Å². The lowest BCUT2D eigenvalue weighted by Crippen LogP contribution is -2.32. The Morgan fingerprint density at radius 1 is 1.07 bits per heavy atom. The van der Waals surface area contributed by atoms with E-state index in [-0.39, 0.29) is 12.4 Å². The predicted molar refractivity (Wildman–Crippen MR) is 108 cm³/mol. The standard InChI is InChI=1S/C20H26N4O2.ClH/c1-25-17-5-6-19(26-2)15(11-17)13-23-10-7-18-16(14-23)12-21-20(22-18)24-8-3-4-9-24;/h5-6,11-12H,3-4,7-10,13-14H2,1-2H3;1H. The highest BCUT2D eigenvalue weighted by molar-refractivity contribution is 5.85. The number of methoxy groups -OCH3 is 2. The molecule has 4 rings (SSSR count). The van der Waals surface area contributed by atoms with Gasteiger partial charge in [-0.25, -0.2) is 9.97 Å². The number of halogens is 1. The molecule has 0 unspecified atom stereocenters. The van der Waals surface area contributed by atoms with Gasteiger partial charge in [0.05, 0.1) is 19.9 Å². The minimum Gasteiger partial charge on any atom is -0.497 e. The van der Waals surface area contributed by atoms with Crippen molar-refractivity contribution in [3.8, 4) is 11.5 Å². The second-order valence-corrected chi connectivity index (χ2v) is 6.97. The van der Waals surface area contributed by atoms with Crippen molar-refractivity contribution >= 4 is 18.4 Å². The van der Waals surface area contributed by atoms with Crippen LogP contribution in [-0.2, 0) is 19.5 Å². The molecule has 0 spiro atoms. The van der Waals surface area contributed by atoms with Gasteiger partial charge in [-0.1, -0.05) is 0 Å². The summed E-state index contributed by atoms with van der Waals surface area (Å²) in [7, 11) is 3.41. The second kappa shape index (κ2) is 8.76. The molecular weight excluding hydrogens is 364 g/mol. The molecule has 1 aromatic heterocycles. The van der Waals surface area contributed by atoms with E-state index in [0.29, 0.717) is 0 Å². The van der Waals surface area contributed by atoms with Gasteiger partial charge in [-0.05, 0) is 31.0 Å². The van der Waals surface area contributed by atoms with Crippen LogP contribution in [0.5, 0.6) is 11.5 Å². The molecule has 0 amide bonds. The molecule has 1 aromatic carbocycles. The molecule has 0 bridgehead atoms. The van der Waals surface area contributed by atoms with Gasteiger partial charge in [0.25, 0.3) is 0 Å². The van der Waals surface area contributed by atoms with Crippen LogP contribution in [0.3, 0.4) is 0 Å². The molecule has 0 saturated carbocycles. The summed E-state index contributed by atoms with van der Waals surface area (Å²) < 4.78 is 10.9. The predicted octanol–water partition coefficient (Wildman–Crippen LogP) is 3.07. The third-order valence-corrected chi connectivity index (χ3v) is 5.27. The first-order valence-corrected chi connectivity index (χ1v) is 9.30. The summed E-state index contributed by atoms with van der Waals surface area (Å²) in [5, 5.41) is 0. The van der Waals surface area contributed by atoms with Crippen LogP contribution < -0.4 is 14.4 Å². The Bertz CT molecular complexity index is 781. The molecule has 0 radical (unpaired) electrons. The van der Waals surface area contributed by atoms with E-state index in [2.05, 4.69) is 20.9 Å². The number of anilines is 1. The molecule has 0 aliphatic carbocycles. The van der Waals surface area contributed by atoms with Crippen molar-refractivity contribution in [2.24, 2.45) is 0 Å². The van der Waals surface area contributed by atoms with Gasteiger partial charge in [-0.15, -0.1) is 12.4 Å². The highest BCUT2D eigenvalue weighted by atomic mass is 35.5. The van der Waals surface area contributed by atoms with Crippen LogP contribution in [0.1, 0.15) is 29.7 Å². The van der Waals surface area contributed by atoms with Crippen LogP contribution in [-0.4, -0.2) is 48.7 Å². The van der Waals surface area contributed by atoms with Gasteiger partial charge in [0.2, 0.25) is 5.95 Å². The van der Waals surface area contributed by atoms with Crippen LogP contribution in [0.4, 0.5) is 5.95 Å². The van der Waals surface area contributed by atoms with E-state index in [1.807, 2.05) is 18.3 Å². The number of fused-ring (bicyclic) bond motifs is 1. The number of rotatable bonds is 5. The average molecular weight is 391 g/mol. The fourth-order valence-corrected chi connectivity index (χ4v) is 3.81. The molecule has 0 N–H and O–H groups in total. The highest BCUT2D eigenvalue weighted by Gasteiger charge is 2.22. The van der Waals surface area contributed by atoms with E-state index in [1.165, 1.54) is 24.1 Å². The zero-order valence-electron chi connectivity index (χ0n) is 16.0. The summed E-state index contributed by atoms with van der Waals surface area (Å²) in [4.78, 5) is 14.2. The Balaban J connectivity index is 0.00000210. The molecule has 1 saturated heterocycles. The maximum atomic E-state index is 5.52. The van der Waals surface area contributed by atoms with Crippen LogP contribution >= 0.6 is 12.4 Å². The number of aromatic nitrogens is 2. The van der Waals surface area contributed by atoms with Gasteiger partial charge >= 0.3 is 0 Å². The second-order valence-electron chi connectivity index (χ2n) is 6.97. The number of benzene rings is 1. The molecule has 1 fully saturated rings. The minimum absolute atomic E-state index is 0. The number of nitrogens with zero attached hydrogens (tertiary/aromatic N) is 4. The monoisotopic (exact) mass is 390 g/mol. The van der Waals surface area contributed by atoms with Crippen LogP contribution in [0.2, 0.25) is 0 Å². The fourth-order valence-electron chi connectivity index (χ4n) is 3.81. The Morgan fingerprint density at radius 3 is 2.63 bits per heavy atom. The molecule has 2 aromatic rings. The van der Waals surface area contributed by atoms with Crippen molar-refractivity contribution in [3.05, 3.63) is 41.2 Å². The maximum absolute atomic E-state index is 5.52. The lowest BCUT2D eigenvalue weighted by Gasteiger charge is -2.29. The van der Waals surface area contributed by atoms with Crippen LogP contribution in [0, 0.1) is 0 Å². The van der Waals surface area contributed by atoms with E-state index in [0.717, 1.165) is 62.2 Å². The van der Waals surface area contributed by atoms with E-state index in [9.17, 15) is 0 Å². The molecule has 27 heavy (non-hydrogen) atoms. The molecule has 6 nitrogen and oxygen atoms in total. The van der Waals surface area contributed by atoms with Crippen molar-refractivity contribution in [2.45, 2.75) is 32.4 Å². The zero-order valence-corrected chi connectivity index (χ0v) is 16.8. The lowest BCUT2D eigenvalue weighted by atomic mass is 10.1. The Kier molecular flexibility index (Phi) is 6.39. The molecule has 0 atom stereocenters. The molecule has 3 heterocycles. The molecule has 2 aliphatic heterocycles. The van der Waals surface area contributed by atoms with Gasteiger partial charge in [0.1, 0.15) is 11.5 Å². The van der Waals surface area contributed by atoms with Crippen molar-refractivity contribution < 1.29 is 9.47 Å². The quantitative estimate of drug-likeness (QED) is 0.782. The minimum atomic E-state index is 0. The largest absolute Gasteiger partial charge is 0.497 e. The third kappa shape index (κ3) is 4.28. The summed E-state index contributed by atoms with van der Waals surface area (Å²) in [6.07, 6.45) is 5.48. The number of hydrogen-bond acceptors (Lipinski definition) is 6. The van der Waals surface area contributed by atoms with E-state index in [4.69, 9.17) is 14.5 Å². The van der Waals surface area contributed by atoms with E-state index in [1.54, 1.807) is 14.2 Å². The van der Waals surface area contributed by atoms with E-state index >= 15 is 0 Å². The maximum Gasteiger partial charge on any atom is 0.225 e. The first-order chi connectivity index (χ1) is 12.8. The molecule has 7 heteroatoms. The molecule has 146 valence electrons. The highest BCUT2D eigenvalue weighted by Crippen LogP contribution is 2.28. The molecular formula is C20H27ClN4O2. The lowest BCUT2D eigenvalue weighted by molar-refractivity contribution is 0.238. The van der Waals surface area contributed by atoms with Gasteiger partial charge in [-0.3, -0.25) is 4.90 Å². The zero-order chi connectivity index (χ0) is 17.9. The summed E-state index contributed by atoms with van der Waals surface area (Å²) >= 11 is 0. The fraction of sp³-hybridized carbons (Fsp3) is 0.500. The van der Waals surface area contributed by atoms with Crippen LogP contribution in [0.15, 0.2) is 24.4 Å². The van der Waals surface area contributed by atoms with Crippen molar-refractivity contribution in [3.63, 3.8) is 0 Å². The number of ether oxygens (including phenoxy) is 2. The third-order valence-electron chi connectivity index (χ3n) is 5.27. The van der Waals surface area contributed by atoms with Crippen molar-refractivity contribution in [1.29, 1.82) is 0 Å². The summed E-state index contributed by atoms with van der Waals surface area (Å²) in [6.45, 7) is 4.86. The summed E-state index contributed by atoms with van der Waals surface area (Å²) in [5.41, 5.74) is 3.58. The summed E-state index contributed by atoms with van der Waals surface area (Å²) in [6, 6.07) is 5.96. The van der Waals surface area contributed by atoms with Crippen molar-refractivity contribution in [1.82, 2.24) is 14.9 Å². The van der Waals surface area contributed by atoms with Crippen LogP contribution in [0.25, 0.3) is 0 Å². The Hall–Kier alpha value is -2.05. The Morgan fingerprint density at radius 2 is 1.89 bits per heavy atom. The summed E-state index contributed by atoms with van der Waals surface area (Å²) in [5.74, 6) is 2.66. The van der Waals surface area contributed by atoms with Gasteiger partial charge in [-0.2, -0.15) is 0 Å². The molecule has 2 aliphatic rings. The first-order valence-electron chi connectivity index (χ1n) is 9.30.